The van der Waals surface area contributed by atoms with Crippen molar-refractivity contribution in [1.82, 2.24) is 9.97 Å². The molecule has 0 saturated carbocycles. The highest BCUT2D eigenvalue weighted by molar-refractivity contribution is 5.94. The van der Waals surface area contributed by atoms with Crippen molar-refractivity contribution in [3.63, 3.8) is 0 Å². The molecule has 3 heterocycles. The minimum absolute atomic E-state index is 0.0402. The second-order valence-electron chi connectivity index (χ2n) is 5.86. The zero-order valence-corrected chi connectivity index (χ0v) is 12.9. The molecule has 2 aromatic heterocycles. The minimum Gasteiger partial charge on any atom is -0.356 e. The van der Waals surface area contributed by atoms with Gasteiger partial charge in [0.1, 0.15) is 5.82 Å². The van der Waals surface area contributed by atoms with Crippen molar-refractivity contribution in [3.8, 4) is 0 Å². The molecule has 5 heteroatoms. The fourth-order valence-corrected chi connectivity index (χ4v) is 2.86. The number of hydrogen-bond donors (Lipinski definition) is 1. The predicted octanol–water partition coefficient (Wildman–Crippen LogP) is 2.50. The smallest absolute Gasteiger partial charge is 0.229 e. The molecular weight excluding hydrogens is 276 g/mol. The highest BCUT2D eigenvalue weighted by atomic mass is 16.2. The summed E-state index contributed by atoms with van der Waals surface area (Å²) in [6, 6.07) is 7.75. The standard InChI is InChI=1S/C17H20N4O/c1-12-6-8-18-9-15(12)20-17(22)14-11-21(10-13(14)2)16-5-3-4-7-19-16/h3-9,13-14H,10-11H2,1-2H3,(H,20,22)/t13-,14-/m1/s1. The Morgan fingerprint density at radius 1 is 1.27 bits per heavy atom. The fraction of sp³-hybridized carbons (Fsp3) is 0.353. The molecule has 0 unspecified atom stereocenters. The van der Waals surface area contributed by atoms with Gasteiger partial charge in [0.15, 0.2) is 0 Å². The Labute approximate surface area is 130 Å². The topological polar surface area (TPSA) is 58.1 Å². The van der Waals surface area contributed by atoms with Gasteiger partial charge in [-0.15, -0.1) is 0 Å². The number of nitrogens with one attached hydrogen (secondary N) is 1. The largest absolute Gasteiger partial charge is 0.356 e. The summed E-state index contributed by atoms with van der Waals surface area (Å²) >= 11 is 0. The Hall–Kier alpha value is -2.43. The summed E-state index contributed by atoms with van der Waals surface area (Å²) in [6.07, 6.45) is 5.21. The van der Waals surface area contributed by atoms with E-state index in [-0.39, 0.29) is 11.8 Å². The molecule has 0 aromatic carbocycles. The van der Waals surface area contributed by atoms with Gasteiger partial charge in [-0.3, -0.25) is 9.78 Å². The van der Waals surface area contributed by atoms with Crippen molar-refractivity contribution >= 4 is 17.4 Å². The van der Waals surface area contributed by atoms with Crippen LogP contribution in [0.1, 0.15) is 12.5 Å². The zero-order chi connectivity index (χ0) is 15.5. The van der Waals surface area contributed by atoms with E-state index in [0.717, 1.165) is 23.6 Å². The summed E-state index contributed by atoms with van der Waals surface area (Å²) < 4.78 is 0. The van der Waals surface area contributed by atoms with Crippen molar-refractivity contribution in [1.29, 1.82) is 0 Å². The lowest BCUT2D eigenvalue weighted by Gasteiger charge is -2.17. The molecule has 3 rings (SSSR count). The molecular formula is C17H20N4O. The van der Waals surface area contributed by atoms with Crippen molar-refractivity contribution in [2.45, 2.75) is 13.8 Å². The Balaban J connectivity index is 1.70. The molecule has 2 atom stereocenters. The van der Waals surface area contributed by atoms with E-state index in [2.05, 4.69) is 27.1 Å². The first kappa shape index (κ1) is 14.5. The summed E-state index contributed by atoms with van der Waals surface area (Å²) in [5.74, 6) is 1.24. The highest BCUT2D eigenvalue weighted by Gasteiger charge is 2.35. The summed E-state index contributed by atoms with van der Waals surface area (Å²) in [4.78, 5) is 23.2. The van der Waals surface area contributed by atoms with Crippen LogP contribution >= 0.6 is 0 Å². The van der Waals surface area contributed by atoms with E-state index in [1.165, 1.54) is 0 Å². The van der Waals surface area contributed by atoms with E-state index in [1.54, 1.807) is 18.6 Å². The predicted molar refractivity (Wildman–Crippen MR) is 86.7 cm³/mol. The van der Waals surface area contributed by atoms with Crippen LogP contribution in [0.5, 0.6) is 0 Å². The van der Waals surface area contributed by atoms with Crippen molar-refractivity contribution in [2.24, 2.45) is 11.8 Å². The Morgan fingerprint density at radius 2 is 2.14 bits per heavy atom. The van der Waals surface area contributed by atoms with Gasteiger partial charge >= 0.3 is 0 Å². The van der Waals surface area contributed by atoms with Crippen LogP contribution in [0.4, 0.5) is 11.5 Å². The lowest BCUT2D eigenvalue weighted by molar-refractivity contribution is -0.120. The monoisotopic (exact) mass is 296 g/mol. The second kappa shape index (κ2) is 6.13. The zero-order valence-electron chi connectivity index (χ0n) is 12.9. The van der Waals surface area contributed by atoms with Gasteiger partial charge in [0.05, 0.1) is 17.8 Å². The van der Waals surface area contributed by atoms with E-state index in [1.807, 2.05) is 31.2 Å². The fourth-order valence-electron chi connectivity index (χ4n) is 2.86. The second-order valence-corrected chi connectivity index (χ2v) is 5.86. The maximum absolute atomic E-state index is 12.6. The molecule has 1 aliphatic heterocycles. The molecule has 0 aliphatic carbocycles. The molecule has 0 spiro atoms. The molecule has 1 fully saturated rings. The maximum atomic E-state index is 12.6. The molecule has 1 N–H and O–H groups in total. The first-order valence-corrected chi connectivity index (χ1v) is 7.52. The average Bonchev–Trinajstić information content (AvgIpc) is 2.92. The van der Waals surface area contributed by atoms with E-state index in [0.29, 0.717) is 12.5 Å². The van der Waals surface area contributed by atoms with Crippen molar-refractivity contribution < 1.29 is 4.79 Å². The van der Waals surface area contributed by atoms with Crippen LogP contribution in [0.15, 0.2) is 42.9 Å². The average molecular weight is 296 g/mol. The van der Waals surface area contributed by atoms with Gasteiger partial charge in [-0.25, -0.2) is 4.98 Å². The van der Waals surface area contributed by atoms with Gasteiger partial charge in [0.2, 0.25) is 5.91 Å². The number of nitrogens with zero attached hydrogens (tertiary/aromatic N) is 3. The number of pyridine rings is 2. The van der Waals surface area contributed by atoms with Gasteiger partial charge in [-0.1, -0.05) is 13.0 Å². The highest BCUT2D eigenvalue weighted by Crippen LogP contribution is 2.28. The lowest BCUT2D eigenvalue weighted by atomic mass is 9.97. The quantitative estimate of drug-likeness (QED) is 0.945. The van der Waals surface area contributed by atoms with Crippen LogP contribution in [0.25, 0.3) is 0 Å². The summed E-state index contributed by atoms with van der Waals surface area (Å²) in [6.45, 7) is 5.63. The van der Waals surface area contributed by atoms with Crippen LogP contribution in [0.2, 0.25) is 0 Å². The van der Waals surface area contributed by atoms with Gasteiger partial charge < -0.3 is 10.2 Å². The molecule has 5 nitrogen and oxygen atoms in total. The Kier molecular flexibility index (Phi) is 4.04. The van der Waals surface area contributed by atoms with Gasteiger partial charge in [-0.2, -0.15) is 0 Å². The van der Waals surface area contributed by atoms with Crippen LogP contribution in [0.3, 0.4) is 0 Å². The molecule has 22 heavy (non-hydrogen) atoms. The summed E-state index contributed by atoms with van der Waals surface area (Å²) in [7, 11) is 0. The first-order chi connectivity index (χ1) is 10.6. The molecule has 0 radical (unpaired) electrons. The third-order valence-corrected chi connectivity index (χ3v) is 4.22. The van der Waals surface area contributed by atoms with Crippen molar-refractivity contribution in [2.75, 3.05) is 23.3 Å². The summed E-state index contributed by atoms with van der Waals surface area (Å²) in [5.41, 5.74) is 1.81. The van der Waals surface area contributed by atoms with Crippen LogP contribution in [-0.4, -0.2) is 29.0 Å². The minimum atomic E-state index is -0.0402. The number of rotatable bonds is 3. The molecule has 0 bridgehead atoms. The van der Waals surface area contributed by atoms with E-state index < -0.39 is 0 Å². The van der Waals surface area contributed by atoms with E-state index in [9.17, 15) is 4.79 Å². The van der Waals surface area contributed by atoms with E-state index >= 15 is 0 Å². The summed E-state index contributed by atoms with van der Waals surface area (Å²) in [5, 5.41) is 3.01. The van der Waals surface area contributed by atoms with Gasteiger partial charge in [0, 0.05) is 25.5 Å². The first-order valence-electron chi connectivity index (χ1n) is 7.52. The van der Waals surface area contributed by atoms with Gasteiger partial charge in [-0.05, 0) is 36.6 Å². The van der Waals surface area contributed by atoms with Gasteiger partial charge in [0.25, 0.3) is 0 Å². The normalized spacial score (nSPS) is 20.9. The van der Waals surface area contributed by atoms with Crippen LogP contribution in [0, 0.1) is 18.8 Å². The maximum Gasteiger partial charge on any atom is 0.229 e. The number of aryl methyl sites for hydroxylation is 1. The third-order valence-electron chi connectivity index (χ3n) is 4.22. The SMILES string of the molecule is Cc1ccncc1NC(=O)[C@@H]1CN(c2ccccn2)C[C@H]1C. The number of amides is 1. The number of carbonyl (C=O) groups excluding carboxylic acids is 1. The van der Waals surface area contributed by atoms with Crippen molar-refractivity contribution in [3.05, 3.63) is 48.4 Å². The molecule has 1 aliphatic rings. The van der Waals surface area contributed by atoms with Crippen LogP contribution in [-0.2, 0) is 4.79 Å². The Bertz CT molecular complexity index is 659. The molecule has 1 amide bonds. The van der Waals surface area contributed by atoms with Crippen LogP contribution < -0.4 is 10.2 Å². The molecule has 1 saturated heterocycles. The van der Waals surface area contributed by atoms with E-state index in [4.69, 9.17) is 0 Å². The molecule has 114 valence electrons. The number of aromatic nitrogens is 2. The number of carbonyl (C=O) groups is 1. The third kappa shape index (κ3) is 2.93. The lowest BCUT2D eigenvalue weighted by Crippen LogP contribution is -2.29. The Morgan fingerprint density at radius 3 is 2.86 bits per heavy atom. The number of hydrogen-bond acceptors (Lipinski definition) is 4. The molecule has 2 aromatic rings. The number of anilines is 2.